The molecule has 162 valence electrons. The van der Waals surface area contributed by atoms with E-state index in [0.717, 1.165) is 0 Å². The lowest BCUT2D eigenvalue weighted by molar-refractivity contribution is -0.142. The quantitative estimate of drug-likeness (QED) is 0.194. The Morgan fingerprint density at radius 3 is 1.00 bits per heavy atom. The lowest BCUT2D eigenvalue weighted by Crippen LogP contribution is -2.15. The Kier molecular flexibility index (Phi) is 22.5. The van der Waals surface area contributed by atoms with Crippen molar-refractivity contribution in [1.29, 1.82) is 0 Å². The molecule has 0 N–H and O–H groups in total. The predicted molar refractivity (Wildman–Crippen MR) is 98.0 cm³/mol. The van der Waals surface area contributed by atoms with E-state index in [1.54, 1.807) is 0 Å². The lowest BCUT2D eigenvalue weighted by Gasteiger charge is -2.08. The number of ether oxygens (including phenoxy) is 8. The molecule has 0 unspecified atom stereocenters. The van der Waals surface area contributed by atoms with Crippen LogP contribution in [0.4, 0.5) is 0 Å². The first-order valence-electron chi connectivity index (χ1n) is 9.45. The monoisotopic (exact) mass is 396 g/mol. The third kappa shape index (κ3) is 25.2. The molecule has 0 rings (SSSR count). The van der Waals surface area contributed by atoms with Crippen LogP contribution in [0.25, 0.3) is 0 Å². The molecule has 0 saturated heterocycles. The number of hydrogen-bond donors (Lipinski definition) is 0. The van der Waals surface area contributed by atoms with E-state index in [4.69, 9.17) is 37.9 Å². The zero-order chi connectivity index (χ0) is 19.8. The highest BCUT2D eigenvalue weighted by Gasteiger charge is 1.95. The van der Waals surface area contributed by atoms with Gasteiger partial charge in [-0.1, -0.05) is 0 Å². The third-order valence-corrected chi connectivity index (χ3v) is 2.97. The molecule has 27 heavy (non-hydrogen) atoms. The summed E-state index contributed by atoms with van der Waals surface area (Å²) in [5.74, 6) is -0.304. The van der Waals surface area contributed by atoms with Crippen LogP contribution >= 0.6 is 0 Å². The molecule has 0 fully saturated rings. The van der Waals surface area contributed by atoms with Gasteiger partial charge in [0, 0.05) is 13.5 Å². The average Bonchev–Trinajstić information content (AvgIpc) is 2.65. The van der Waals surface area contributed by atoms with Crippen LogP contribution in [-0.2, 0) is 42.7 Å². The minimum absolute atomic E-state index is 0.270. The van der Waals surface area contributed by atoms with Gasteiger partial charge in [-0.15, -0.1) is 0 Å². The molecule has 0 spiro atoms. The van der Waals surface area contributed by atoms with E-state index in [0.29, 0.717) is 92.5 Å². The smallest absolute Gasteiger partial charge is 0.302 e. The van der Waals surface area contributed by atoms with Gasteiger partial charge in [-0.3, -0.25) is 4.79 Å². The summed E-state index contributed by atoms with van der Waals surface area (Å²) in [5, 5.41) is 0. The highest BCUT2D eigenvalue weighted by atomic mass is 16.6. The lowest BCUT2D eigenvalue weighted by atomic mass is 10.6. The summed E-state index contributed by atoms with van der Waals surface area (Å²) in [7, 11) is 0. The molecule has 0 atom stereocenters. The van der Waals surface area contributed by atoms with Crippen molar-refractivity contribution in [2.75, 3.05) is 99.1 Å². The molecule has 0 saturated carbocycles. The van der Waals surface area contributed by atoms with Crippen molar-refractivity contribution in [1.82, 2.24) is 0 Å². The molecule has 0 aliphatic carbocycles. The second kappa shape index (κ2) is 23.2. The zero-order valence-corrected chi connectivity index (χ0v) is 16.8. The summed E-state index contributed by atoms with van der Waals surface area (Å²) < 4.78 is 41.9. The Hall–Kier alpha value is -0.810. The number of hydrogen-bond acceptors (Lipinski definition) is 9. The molecular formula is C18H36O9. The fourth-order valence-electron chi connectivity index (χ4n) is 1.71. The van der Waals surface area contributed by atoms with Gasteiger partial charge in [0.15, 0.2) is 0 Å². The Balaban J connectivity index is 2.98. The van der Waals surface area contributed by atoms with E-state index in [2.05, 4.69) is 0 Å². The Bertz CT molecular complexity index is 303. The van der Waals surface area contributed by atoms with Gasteiger partial charge in [0.1, 0.15) is 6.61 Å². The first-order chi connectivity index (χ1) is 13.3. The second-order valence-electron chi connectivity index (χ2n) is 5.21. The Morgan fingerprint density at radius 1 is 0.481 bits per heavy atom. The van der Waals surface area contributed by atoms with Crippen LogP contribution < -0.4 is 0 Å². The van der Waals surface area contributed by atoms with E-state index in [1.165, 1.54) is 6.92 Å². The molecule has 0 bridgehead atoms. The fraction of sp³-hybridized carbons (Fsp3) is 0.944. The molecular weight excluding hydrogens is 360 g/mol. The van der Waals surface area contributed by atoms with Crippen LogP contribution in [0.1, 0.15) is 13.8 Å². The van der Waals surface area contributed by atoms with Gasteiger partial charge in [-0.2, -0.15) is 0 Å². The standard InChI is InChI=1S/C18H36O9/c1-3-20-4-5-21-6-7-22-8-9-23-10-11-24-12-13-25-14-15-26-16-17-27-18(2)19/h3-17H2,1-2H3. The molecule has 9 heteroatoms. The molecule has 9 nitrogen and oxygen atoms in total. The van der Waals surface area contributed by atoms with Gasteiger partial charge in [-0.05, 0) is 6.92 Å². The highest BCUT2D eigenvalue weighted by Crippen LogP contribution is 1.85. The number of carbonyl (C=O) groups is 1. The van der Waals surface area contributed by atoms with Crippen LogP contribution in [0.2, 0.25) is 0 Å². The number of rotatable bonds is 22. The minimum Gasteiger partial charge on any atom is -0.463 e. The summed E-state index contributed by atoms with van der Waals surface area (Å²) in [4.78, 5) is 10.5. The highest BCUT2D eigenvalue weighted by molar-refractivity contribution is 5.65. The number of carbonyl (C=O) groups excluding carboxylic acids is 1. The molecule has 0 heterocycles. The van der Waals surface area contributed by atoms with Gasteiger partial charge >= 0.3 is 5.97 Å². The van der Waals surface area contributed by atoms with E-state index in [9.17, 15) is 4.79 Å². The topological polar surface area (TPSA) is 90.9 Å². The molecule has 0 amide bonds. The van der Waals surface area contributed by atoms with Gasteiger partial charge < -0.3 is 37.9 Å². The third-order valence-electron chi connectivity index (χ3n) is 2.97. The average molecular weight is 396 g/mol. The summed E-state index contributed by atoms with van der Waals surface area (Å²) >= 11 is 0. The van der Waals surface area contributed by atoms with E-state index in [-0.39, 0.29) is 12.6 Å². The maximum absolute atomic E-state index is 10.5. The molecule has 0 aliphatic heterocycles. The van der Waals surface area contributed by atoms with Crippen LogP contribution in [0, 0.1) is 0 Å². The summed E-state index contributed by atoms with van der Waals surface area (Å²) in [6.45, 7) is 11.1. The SMILES string of the molecule is CCOCCOCCOCCOCCOCCOCCOCCOC(C)=O. The molecule has 0 aromatic rings. The van der Waals surface area contributed by atoms with Crippen molar-refractivity contribution in [3.8, 4) is 0 Å². The van der Waals surface area contributed by atoms with E-state index in [1.807, 2.05) is 6.92 Å². The summed E-state index contributed by atoms with van der Waals surface area (Å²) in [6.07, 6.45) is 0. The molecule has 0 aliphatic rings. The van der Waals surface area contributed by atoms with Crippen LogP contribution in [-0.4, -0.2) is 105 Å². The van der Waals surface area contributed by atoms with E-state index < -0.39 is 0 Å². The zero-order valence-electron chi connectivity index (χ0n) is 16.8. The maximum atomic E-state index is 10.5. The Morgan fingerprint density at radius 2 is 0.741 bits per heavy atom. The van der Waals surface area contributed by atoms with Gasteiger partial charge in [-0.25, -0.2) is 0 Å². The van der Waals surface area contributed by atoms with Crippen molar-refractivity contribution in [2.24, 2.45) is 0 Å². The normalized spacial score (nSPS) is 11.0. The van der Waals surface area contributed by atoms with Crippen LogP contribution in [0.5, 0.6) is 0 Å². The first kappa shape index (κ1) is 26.2. The Labute approximate surface area is 162 Å². The van der Waals surface area contributed by atoms with Crippen LogP contribution in [0.3, 0.4) is 0 Å². The van der Waals surface area contributed by atoms with Gasteiger partial charge in [0.2, 0.25) is 0 Å². The largest absolute Gasteiger partial charge is 0.463 e. The van der Waals surface area contributed by atoms with Crippen molar-refractivity contribution in [3.05, 3.63) is 0 Å². The van der Waals surface area contributed by atoms with E-state index >= 15 is 0 Å². The summed E-state index contributed by atoms with van der Waals surface area (Å²) in [5.41, 5.74) is 0. The molecule has 0 aromatic heterocycles. The summed E-state index contributed by atoms with van der Waals surface area (Å²) in [6, 6.07) is 0. The van der Waals surface area contributed by atoms with Crippen molar-refractivity contribution in [3.63, 3.8) is 0 Å². The van der Waals surface area contributed by atoms with Gasteiger partial charge in [0.05, 0.1) is 85.9 Å². The predicted octanol–water partition coefficient (Wildman–Crippen LogP) is 0.686. The second-order valence-corrected chi connectivity index (χ2v) is 5.21. The number of esters is 1. The van der Waals surface area contributed by atoms with Gasteiger partial charge in [0.25, 0.3) is 0 Å². The maximum Gasteiger partial charge on any atom is 0.302 e. The van der Waals surface area contributed by atoms with Crippen LogP contribution in [0.15, 0.2) is 0 Å². The minimum atomic E-state index is -0.304. The van der Waals surface area contributed by atoms with Crippen molar-refractivity contribution >= 4 is 5.97 Å². The fourth-order valence-corrected chi connectivity index (χ4v) is 1.71. The molecule has 0 radical (unpaired) electrons. The first-order valence-corrected chi connectivity index (χ1v) is 9.45. The van der Waals surface area contributed by atoms with Crippen molar-refractivity contribution < 1.29 is 42.7 Å². The van der Waals surface area contributed by atoms with Crippen molar-refractivity contribution in [2.45, 2.75) is 13.8 Å². The molecule has 0 aromatic carbocycles.